The molecule has 3 N–H and O–H groups in total. The summed E-state index contributed by atoms with van der Waals surface area (Å²) in [6.07, 6.45) is 4.41. The van der Waals surface area contributed by atoms with Crippen LogP contribution in [-0.4, -0.2) is 107 Å². The molecule has 0 amide bonds. The molecular weight excluding hydrogens is 589 g/mol. The Balaban J connectivity index is 0.000000458. The van der Waals surface area contributed by atoms with Gasteiger partial charge in [-0.15, -0.1) is 0 Å². The third-order valence-electron chi connectivity index (χ3n) is 5.85. The number of hydrogen-bond donors (Lipinski definition) is 3. The lowest BCUT2D eigenvalue weighted by atomic mass is 9.96. The van der Waals surface area contributed by atoms with Crippen molar-refractivity contribution in [1.82, 2.24) is 9.80 Å². The van der Waals surface area contributed by atoms with Crippen LogP contribution in [0.4, 0.5) is 0 Å². The summed E-state index contributed by atoms with van der Waals surface area (Å²) in [6.45, 7) is 5.02. The van der Waals surface area contributed by atoms with E-state index in [2.05, 4.69) is 34.1 Å². The van der Waals surface area contributed by atoms with Gasteiger partial charge in [-0.05, 0) is 48.2 Å². The highest BCUT2D eigenvalue weighted by molar-refractivity contribution is 7.99. The Labute approximate surface area is 235 Å². The van der Waals surface area contributed by atoms with Crippen molar-refractivity contribution in [3.8, 4) is 0 Å². The van der Waals surface area contributed by atoms with E-state index in [0.29, 0.717) is 17.4 Å². The summed E-state index contributed by atoms with van der Waals surface area (Å²) in [5.41, 5.74) is 2.44. The third kappa shape index (κ3) is 12.7. The minimum absolute atomic E-state index is 0.169. The first-order valence-corrected chi connectivity index (χ1v) is 18.4. The second kappa shape index (κ2) is 14.4. The van der Waals surface area contributed by atoms with Gasteiger partial charge in [-0.2, -0.15) is 16.8 Å². The third-order valence-corrected chi connectivity index (χ3v) is 8.17. The van der Waals surface area contributed by atoms with E-state index in [0.717, 1.165) is 56.0 Å². The zero-order chi connectivity index (χ0) is 29.4. The maximum atomic E-state index is 12.2. The van der Waals surface area contributed by atoms with Crippen LogP contribution in [0, 0.1) is 0 Å². The summed E-state index contributed by atoms with van der Waals surface area (Å²) in [7, 11) is -10.6. The molecule has 39 heavy (non-hydrogen) atoms. The molecule has 0 bridgehead atoms. The molecule has 0 aliphatic carbocycles. The van der Waals surface area contributed by atoms with E-state index in [1.54, 1.807) is 17.8 Å². The lowest BCUT2D eigenvalue weighted by Gasteiger charge is -2.39. The van der Waals surface area contributed by atoms with Crippen LogP contribution in [0.25, 0.3) is 0 Å². The summed E-state index contributed by atoms with van der Waals surface area (Å²) >= 11 is 1.74. The highest BCUT2D eigenvalue weighted by atomic mass is 32.2. The molecule has 4 rings (SSSR count). The minimum Gasteiger partial charge on any atom is -0.396 e. The number of rotatable bonds is 5. The Morgan fingerprint density at radius 3 is 1.95 bits per heavy atom. The van der Waals surface area contributed by atoms with Gasteiger partial charge in [-0.25, -0.2) is 8.42 Å². The van der Waals surface area contributed by atoms with Crippen molar-refractivity contribution in [2.75, 3.05) is 58.1 Å². The number of hydrogen-bond acceptors (Lipinski definition) is 10. The van der Waals surface area contributed by atoms with Gasteiger partial charge in [0.1, 0.15) is 0 Å². The predicted molar refractivity (Wildman–Crippen MR) is 151 cm³/mol. The van der Waals surface area contributed by atoms with Crippen LogP contribution >= 0.6 is 11.8 Å². The van der Waals surface area contributed by atoms with E-state index in [1.807, 2.05) is 12.1 Å². The highest BCUT2D eigenvalue weighted by Gasteiger charge is 2.30. The Kier molecular flexibility index (Phi) is 12.4. The van der Waals surface area contributed by atoms with E-state index in [4.69, 9.17) is 14.2 Å². The van der Waals surface area contributed by atoms with E-state index in [9.17, 15) is 25.3 Å². The average Bonchev–Trinajstić information content (AvgIpc) is 2.97. The van der Waals surface area contributed by atoms with Crippen LogP contribution < -0.4 is 0 Å². The SMILES string of the molecule is CS(=O)(=O)O.CS(=O)(=O)O.CS(=O)(=O)c1ccc2c(c1)C(N1CCN(CCCO)CC1)Cc1ccccc1S2. The van der Waals surface area contributed by atoms with Crippen LogP contribution in [0.15, 0.2) is 57.2 Å². The zero-order valence-corrected chi connectivity index (χ0v) is 25.4. The number of nitrogens with zero attached hydrogens (tertiary/aromatic N) is 2. The van der Waals surface area contributed by atoms with Crippen LogP contribution in [0.3, 0.4) is 0 Å². The Hall–Kier alpha value is -1.56. The van der Waals surface area contributed by atoms with Crippen molar-refractivity contribution in [3.63, 3.8) is 0 Å². The summed E-state index contributed by atoms with van der Waals surface area (Å²) in [5.74, 6) is 0. The average molecular weight is 625 g/mol. The molecule has 1 unspecified atom stereocenters. The lowest BCUT2D eigenvalue weighted by molar-refractivity contribution is 0.0898. The van der Waals surface area contributed by atoms with Crippen LogP contribution in [0.5, 0.6) is 0 Å². The Morgan fingerprint density at radius 1 is 0.846 bits per heavy atom. The van der Waals surface area contributed by atoms with E-state index < -0.39 is 30.1 Å². The van der Waals surface area contributed by atoms with Crippen LogP contribution in [0.2, 0.25) is 0 Å². The van der Waals surface area contributed by atoms with Crippen molar-refractivity contribution >= 4 is 41.8 Å². The summed E-state index contributed by atoms with van der Waals surface area (Å²) in [5, 5.41) is 9.09. The van der Waals surface area contributed by atoms with Crippen LogP contribution in [0.1, 0.15) is 23.6 Å². The topological polar surface area (TPSA) is 170 Å². The van der Waals surface area contributed by atoms with Crippen molar-refractivity contribution < 1.29 is 39.5 Å². The van der Waals surface area contributed by atoms with Gasteiger partial charge >= 0.3 is 0 Å². The molecule has 2 aromatic rings. The molecule has 2 aliphatic heterocycles. The first kappa shape index (κ1) is 33.6. The molecule has 2 aromatic carbocycles. The molecule has 0 radical (unpaired) electrons. The van der Waals surface area contributed by atoms with E-state index in [1.165, 1.54) is 16.7 Å². The molecule has 1 atom stereocenters. The molecule has 0 spiro atoms. The summed E-state index contributed by atoms with van der Waals surface area (Å²) in [6, 6.07) is 14.3. The Bertz CT molecular complexity index is 1380. The van der Waals surface area contributed by atoms with Gasteiger partial charge in [0.25, 0.3) is 20.2 Å². The molecule has 2 heterocycles. The van der Waals surface area contributed by atoms with Crippen molar-refractivity contribution in [3.05, 3.63) is 53.6 Å². The van der Waals surface area contributed by atoms with Crippen molar-refractivity contribution in [2.24, 2.45) is 0 Å². The lowest BCUT2D eigenvalue weighted by Crippen LogP contribution is -2.48. The van der Waals surface area contributed by atoms with Gasteiger partial charge in [-0.3, -0.25) is 14.0 Å². The van der Waals surface area contributed by atoms with Gasteiger partial charge in [0.15, 0.2) is 9.84 Å². The number of piperazine rings is 1. The van der Waals surface area contributed by atoms with E-state index >= 15 is 0 Å². The fraction of sp³-hybridized carbons (Fsp3) is 0.500. The monoisotopic (exact) mass is 624 g/mol. The molecule has 220 valence electrons. The number of fused-ring (bicyclic) bond motifs is 2. The molecule has 1 saturated heterocycles. The normalized spacial score (nSPS) is 18.4. The highest BCUT2D eigenvalue weighted by Crippen LogP contribution is 2.43. The number of sulfone groups is 1. The largest absolute Gasteiger partial charge is 0.396 e. The smallest absolute Gasteiger partial charge is 0.261 e. The maximum absolute atomic E-state index is 12.2. The second-order valence-electron chi connectivity index (χ2n) is 9.32. The maximum Gasteiger partial charge on any atom is 0.261 e. The van der Waals surface area contributed by atoms with Gasteiger partial charge in [0, 0.05) is 61.4 Å². The molecule has 2 aliphatic rings. The number of benzene rings is 2. The molecule has 11 nitrogen and oxygen atoms in total. The van der Waals surface area contributed by atoms with Gasteiger partial charge in [0.2, 0.25) is 0 Å². The van der Waals surface area contributed by atoms with Crippen LogP contribution in [-0.2, 0) is 36.5 Å². The summed E-state index contributed by atoms with van der Waals surface area (Å²) in [4.78, 5) is 7.71. The standard InChI is InChI=1S/C22H28N2O3S2.2CH4O3S/c1-29(26,27)18-7-8-22-19(16-18)20(15-17-5-2-3-6-21(17)28-22)24-12-10-23(11-13-24)9-4-14-25;2*1-5(2,3)4/h2-3,5-8,16,20,25H,4,9-15H2,1H3;2*1H3,(H,2,3,4). The van der Waals surface area contributed by atoms with Crippen molar-refractivity contribution in [1.29, 1.82) is 0 Å². The predicted octanol–water partition coefficient (Wildman–Crippen LogP) is 1.85. The molecule has 1 fully saturated rings. The first-order chi connectivity index (χ1) is 18.0. The van der Waals surface area contributed by atoms with Gasteiger partial charge < -0.3 is 10.0 Å². The number of aliphatic hydroxyl groups excluding tert-OH is 1. The molecule has 0 saturated carbocycles. The minimum atomic E-state index is -3.67. The first-order valence-electron chi connectivity index (χ1n) is 12.0. The Morgan fingerprint density at radius 2 is 1.41 bits per heavy atom. The van der Waals surface area contributed by atoms with Crippen molar-refractivity contribution in [2.45, 2.75) is 33.6 Å². The molecule has 0 aromatic heterocycles. The fourth-order valence-electron chi connectivity index (χ4n) is 4.24. The van der Waals surface area contributed by atoms with E-state index in [-0.39, 0.29) is 12.6 Å². The molecular formula is C24H36N2O9S4. The quantitative estimate of drug-likeness (QED) is 0.413. The number of aliphatic hydroxyl groups is 1. The van der Waals surface area contributed by atoms with Gasteiger partial charge in [0.05, 0.1) is 17.4 Å². The molecule has 15 heteroatoms. The zero-order valence-electron chi connectivity index (χ0n) is 22.1. The second-order valence-corrected chi connectivity index (χ2v) is 15.4. The summed E-state index contributed by atoms with van der Waals surface area (Å²) < 4.78 is 76.1. The fourth-order valence-corrected chi connectivity index (χ4v) is 6.01. The van der Waals surface area contributed by atoms with Gasteiger partial charge in [-0.1, -0.05) is 30.0 Å².